The third-order valence-electron chi connectivity index (χ3n) is 4.27. The normalized spacial score (nSPS) is 13.2. The zero-order valence-corrected chi connectivity index (χ0v) is 14.5. The Bertz CT molecular complexity index is 890. The van der Waals surface area contributed by atoms with Crippen LogP contribution in [0, 0.1) is 0 Å². The number of rotatable bonds is 5. The van der Waals surface area contributed by atoms with Gasteiger partial charge < -0.3 is 15.0 Å². The molecule has 0 saturated heterocycles. The molecule has 124 valence electrons. The number of imidazole rings is 1. The van der Waals surface area contributed by atoms with E-state index in [0.29, 0.717) is 5.82 Å². The first-order chi connectivity index (χ1) is 11.8. The molecule has 0 bridgehead atoms. The molecule has 1 aliphatic rings. The first-order valence-corrected chi connectivity index (χ1v) is 9.12. The van der Waals surface area contributed by atoms with Crippen LogP contribution in [-0.2, 0) is 13.0 Å². The van der Waals surface area contributed by atoms with Crippen molar-refractivity contribution in [2.24, 2.45) is 0 Å². The van der Waals surface area contributed by atoms with Gasteiger partial charge >= 0.3 is 0 Å². The number of benzene rings is 1. The summed E-state index contributed by atoms with van der Waals surface area (Å²) in [5.41, 5.74) is 9.15. The van der Waals surface area contributed by atoms with Crippen molar-refractivity contribution < 1.29 is 4.74 Å². The third-order valence-corrected chi connectivity index (χ3v) is 5.25. The molecule has 3 aromatic rings. The molecular formula is C18H20N4OS. The highest BCUT2D eigenvalue weighted by Crippen LogP contribution is 2.35. The van der Waals surface area contributed by atoms with Crippen molar-refractivity contribution in [3.05, 3.63) is 36.0 Å². The second-order valence-corrected chi connectivity index (χ2v) is 6.97. The average Bonchev–Trinajstić information content (AvgIpc) is 3.18. The van der Waals surface area contributed by atoms with Crippen molar-refractivity contribution in [1.82, 2.24) is 14.5 Å². The summed E-state index contributed by atoms with van der Waals surface area (Å²) in [4.78, 5) is 10.1. The van der Waals surface area contributed by atoms with Crippen LogP contribution >= 0.6 is 11.8 Å². The van der Waals surface area contributed by atoms with Gasteiger partial charge in [-0.15, -0.1) is 0 Å². The Hall–Kier alpha value is -2.21. The van der Waals surface area contributed by atoms with E-state index in [2.05, 4.69) is 34.7 Å². The van der Waals surface area contributed by atoms with E-state index in [1.807, 2.05) is 6.07 Å². The van der Waals surface area contributed by atoms with Gasteiger partial charge in [-0.05, 0) is 36.2 Å². The number of aromatic nitrogens is 3. The average molecular weight is 340 g/mol. The van der Waals surface area contributed by atoms with E-state index in [-0.39, 0.29) is 0 Å². The summed E-state index contributed by atoms with van der Waals surface area (Å²) in [7, 11) is 0. The molecule has 2 N–H and O–H groups in total. The second kappa shape index (κ2) is 6.36. The highest BCUT2D eigenvalue weighted by atomic mass is 32.2. The first kappa shape index (κ1) is 15.3. The summed E-state index contributed by atoms with van der Waals surface area (Å²) in [5.74, 6) is 1.50. The summed E-state index contributed by atoms with van der Waals surface area (Å²) < 4.78 is 7.84. The fraction of sp³-hybridized carbons (Fsp3) is 0.333. The Balaban J connectivity index is 1.73. The Morgan fingerprint density at radius 3 is 3.12 bits per heavy atom. The number of pyridine rings is 1. The molecule has 0 atom stereocenters. The Morgan fingerprint density at radius 2 is 2.25 bits per heavy atom. The lowest BCUT2D eigenvalue weighted by Gasteiger charge is -2.08. The van der Waals surface area contributed by atoms with Gasteiger partial charge in [0.1, 0.15) is 11.3 Å². The van der Waals surface area contributed by atoms with Crippen LogP contribution in [0.3, 0.4) is 0 Å². The first-order valence-electron chi connectivity index (χ1n) is 8.30. The van der Waals surface area contributed by atoms with Crippen molar-refractivity contribution in [1.29, 1.82) is 0 Å². The number of hydrogen-bond acceptors (Lipinski definition) is 5. The molecule has 2 aromatic heterocycles. The summed E-state index contributed by atoms with van der Waals surface area (Å²) in [6.45, 7) is 3.91. The zero-order chi connectivity index (χ0) is 16.5. The van der Waals surface area contributed by atoms with Crippen molar-refractivity contribution in [3.8, 4) is 5.75 Å². The van der Waals surface area contributed by atoms with Crippen LogP contribution in [0.1, 0.15) is 25.3 Å². The Labute approximate surface area is 145 Å². The van der Waals surface area contributed by atoms with Gasteiger partial charge in [-0.1, -0.05) is 25.1 Å². The highest BCUT2D eigenvalue weighted by molar-refractivity contribution is 7.99. The van der Waals surface area contributed by atoms with Crippen LogP contribution in [-0.4, -0.2) is 21.1 Å². The molecule has 6 heteroatoms. The monoisotopic (exact) mass is 340 g/mol. The van der Waals surface area contributed by atoms with Gasteiger partial charge in [-0.25, -0.2) is 9.97 Å². The maximum atomic E-state index is 6.02. The molecule has 5 nitrogen and oxygen atoms in total. The van der Waals surface area contributed by atoms with Crippen LogP contribution < -0.4 is 10.5 Å². The van der Waals surface area contributed by atoms with E-state index >= 15 is 0 Å². The van der Waals surface area contributed by atoms with Crippen molar-refractivity contribution in [2.75, 3.05) is 12.3 Å². The minimum absolute atomic E-state index is 0.493. The van der Waals surface area contributed by atoms with E-state index in [9.17, 15) is 0 Å². The predicted molar refractivity (Wildman–Crippen MR) is 96.6 cm³/mol. The van der Waals surface area contributed by atoms with Gasteiger partial charge in [-0.3, -0.25) is 0 Å². The molecule has 24 heavy (non-hydrogen) atoms. The fourth-order valence-corrected chi connectivity index (χ4v) is 3.98. The van der Waals surface area contributed by atoms with E-state index in [1.54, 1.807) is 18.0 Å². The van der Waals surface area contributed by atoms with Crippen molar-refractivity contribution in [3.63, 3.8) is 0 Å². The minimum Gasteiger partial charge on any atom is -0.493 e. The van der Waals surface area contributed by atoms with Crippen LogP contribution in [0.4, 0.5) is 5.82 Å². The molecular weight excluding hydrogens is 320 g/mol. The van der Waals surface area contributed by atoms with Crippen molar-refractivity contribution in [2.45, 2.75) is 42.8 Å². The maximum Gasteiger partial charge on any atom is 0.174 e. The second-order valence-electron chi connectivity index (χ2n) is 5.93. The minimum atomic E-state index is 0.493. The van der Waals surface area contributed by atoms with Gasteiger partial charge in [0.15, 0.2) is 11.0 Å². The highest BCUT2D eigenvalue weighted by Gasteiger charge is 2.16. The Morgan fingerprint density at radius 1 is 1.33 bits per heavy atom. The lowest BCUT2D eigenvalue weighted by Crippen LogP contribution is -2.00. The van der Waals surface area contributed by atoms with Gasteiger partial charge in [-0.2, -0.15) is 0 Å². The lowest BCUT2D eigenvalue weighted by atomic mass is 10.2. The largest absolute Gasteiger partial charge is 0.493 e. The number of anilines is 1. The van der Waals surface area contributed by atoms with E-state index in [4.69, 9.17) is 15.5 Å². The van der Waals surface area contributed by atoms with Crippen LogP contribution in [0.25, 0.3) is 11.0 Å². The zero-order valence-electron chi connectivity index (χ0n) is 13.7. The molecule has 0 saturated carbocycles. The summed E-state index contributed by atoms with van der Waals surface area (Å²) in [5, 5.41) is 0.969. The predicted octanol–water partition coefficient (Wildman–Crippen LogP) is 3.90. The smallest absolute Gasteiger partial charge is 0.174 e. The number of aryl methyl sites for hydroxylation is 1. The van der Waals surface area contributed by atoms with Crippen LogP contribution in [0.15, 0.2) is 40.5 Å². The topological polar surface area (TPSA) is 66.0 Å². The van der Waals surface area contributed by atoms with E-state index < -0.39 is 0 Å². The molecule has 0 amide bonds. The molecule has 4 rings (SSSR count). The van der Waals surface area contributed by atoms with E-state index in [0.717, 1.165) is 54.4 Å². The third kappa shape index (κ3) is 2.71. The number of fused-ring (bicyclic) bond motifs is 2. The van der Waals surface area contributed by atoms with Crippen molar-refractivity contribution >= 4 is 28.6 Å². The van der Waals surface area contributed by atoms with Gasteiger partial charge in [0.05, 0.1) is 12.1 Å². The lowest BCUT2D eigenvalue weighted by molar-refractivity contribution is 0.356. The number of hydrogen-bond donors (Lipinski definition) is 1. The van der Waals surface area contributed by atoms with Gasteiger partial charge in [0.25, 0.3) is 0 Å². The number of unbranched alkanes of at least 4 members (excludes halogenated alkanes) is 1. The van der Waals surface area contributed by atoms with Gasteiger partial charge in [0.2, 0.25) is 0 Å². The number of nitrogen functional groups attached to an aromatic ring is 1. The number of nitrogens with two attached hydrogens (primary N) is 1. The molecule has 0 unspecified atom stereocenters. The van der Waals surface area contributed by atoms with Gasteiger partial charge in [0, 0.05) is 24.1 Å². The quantitative estimate of drug-likeness (QED) is 0.763. The molecule has 0 spiro atoms. The Kier molecular flexibility index (Phi) is 4.06. The number of ether oxygens (including phenoxy) is 1. The van der Waals surface area contributed by atoms with Crippen LogP contribution in [0.2, 0.25) is 0 Å². The molecule has 0 aliphatic carbocycles. The fourth-order valence-electron chi connectivity index (χ4n) is 2.99. The SMILES string of the molecule is CCCCn1c(Sc2ccc3c(c2)CCO3)nc2c(N)nccc21. The maximum absolute atomic E-state index is 6.02. The molecule has 3 heterocycles. The van der Waals surface area contributed by atoms with E-state index in [1.165, 1.54) is 10.5 Å². The summed E-state index contributed by atoms with van der Waals surface area (Å²) in [6, 6.07) is 8.35. The molecule has 1 aliphatic heterocycles. The summed E-state index contributed by atoms with van der Waals surface area (Å²) in [6.07, 6.45) is 4.98. The van der Waals surface area contributed by atoms with Crippen LogP contribution in [0.5, 0.6) is 5.75 Å². The molecule has 0 radical (unpaired) electrons. The standard InChI is InChI=1S/C18H20N4OS/c1-2-3-9-22-14-6-8-20-17(19)16(14)21-18(22)24-13-4-5-15-12(11-13)7-10-23-15/h4-6,8,11H,2-3,7,9-10H2,1H3,(H2,19,20). The molecule has 0 fully saturated rings. The number of nitrogens with zero attached hydrogens (tertiary/aromatic N) is 3. The molecule has 1 aromatic carbocycles. The summed E-state index contributed by atoms with van der Waals surface area (Å²) >= 11 is 1.68.